The number of carbonyl (C=O) groups is 1. The molecule has 1 heterocycles. The normalized spacial score (nSPS) is 17.9. The van der Waals surface area contributed by atoms with Gasteiger partial charge in [-0.15, -0.1) is 0 Å². The van der Waals surface area contributed by atoms with Crippen molar-refractivity contribution in [1.29, 1.82) is 0 Å². The molecule has 1 aliphatic heterocycles. The van der Waals surface area contributed by atoms with Crippen molar-refractivity contribution in [2.24, 2.45) is 0 Å². The van der Waals surface area contributed by atoms with Crippen LogP contribution in [0.5, 0.6) is 5.75 Å². The fourth-order valence-corrected chi connectivity index (χ4v) is 1.81. The van der Waals surface area contributed by atoms with Gasteiger partial charge in [-0.1, -0.05) is 6.58 Å². The number of hydrogen-bond acceptors (Lipinski definition) is 2. The van der Waals surface area contributed by atoms with E-state index in [1.807, 2.05) is 0 Å². The zero-order chi connectivity index (χ0) is 12.4. The molecule has 1 aromatic carbocycles. The van der Waals surface area contributed by atoms with E-state index in [9.17, 15) is 13.6 Å². The average molecular weight is 239 g/mol. The molecule has 0 fully saturated rings. The van der Waals surface area contributed by atoms with Gasteiger partial charge in [0.15, 0.2) is 11.6 Å². The van der Waals surface area contributed by atoms with E-state index in [1.54, 1.807) is 0 Å². The fourth-order valence-electron chi connectivity index (χ4n) is 1.81. The van der Waals surface area contributed by atoms with Crippen LogP contribution in [0.1, 0.15) is 18.0 Å². The Labute approximate surface area is 97.1 Å². The molecule has 0 radical (unpaired) electrons. The second-order valence-corrected chi connectivity index (χ2v) is 3.71. The van der Waals surface area contributed by atoms with Crippen molar-refractivity contribution in [3.63, 3.8) is 0 Å². The summed E-state index contributed by atoms with van der Waals surface area (Å²) in [5.74, 6) is -1.82. The van der Waals surface area contributed by atoms with E-state index in [-0.39, 0.29) is 18.3 Å². The smallest absolute Gasteiger partial charge is 0.243 e. The van der Waals surface area contributed by atoms with E-state index in [4.69, 9.17) is 4.74 Å². The molecule has 0 saturated carbocycles. The number of benzene rings is 1. The maximum absolute atomic E-state index is 13.4. The second kappa shape index (κ2) is 4.53. The highest BCUT2D eigenvalue weighted by molar-refractivity contribution is 5.87. The first kappa shape index (κ1) is 11.6. The molecule has 1 N–H and O–H groups in total. The number of carbonyl (C=O) groups excluding carboxylic acids is 1. The Hall–Kier alpha value is -1.91. The van der Waals surface area contributed by atoms with Gasteiger partial charge in [-0.25, -0.2) is 8.78 Å². The van der Waals surface area contributed by atoms with Crippen LogP contribution in [-0.2, 0) is 4.79 Å². The quantitative estimate of drug-likeness (QED) is 0.802. The minimum Gasteiger partial charge on any atom is -0.490 e. The van der Waals surface area contributed by atoms with Crippen molar-refractivity contribution in [3.8, 4) is 5.75 Å². The maximum atomic E-state index is 13.4. The summed E-state index contributed by atoms with van der Waals surface area (Å²) in [4.78, 5) is 11.2. The van der Waals surface area contributed by atoms with Gasteiger partial charge in [-0.2, -0.15) is 0 Å². The van der Waals surface area contributed by atoms with E-state index in [0.29, 0.717) is 12.0 Å². The minimum atomic E-state index is -0.752. The fraction of sp³-hybridized carbons (Fsp3) is 0.250. The van der Waals surface area contributed by atoms with E-state index < -0.39 is 17.7 Å². The Bertz CT molecular complexity index is 474. The zero-order valence-electron chi connectivity index (χ0n) is 9.00. The number of amides is 1. The lowest BCUT2D eigenvalue weighted by Gasteiger charge is -2.26. The molecule has 0 bridgehead atoms. The molecule has 5 heteroatoms. The number of ether oxygens (including phenoxy) is 1. The Morgan fingerprint density at radius 2 is 2.29 bits per heavy atom. The molecule has 1 aromatic rings. The molecule has 17 heavy (non-hydrogen) atoms. The van der Waals surface area contributed by atoms with Gasteiger partial charge in [0.2, 0.25) is 5.91 Å². The van der Waals surface area contributed by atoms with Crippen molar-refractivity contribution in [1.82, 2.24) is 5.32 Å². The number of rotatable bonds is 2. The van der Waals surface area contributed by atoms with Crippen LogP contribution in [0.2, 0.25) is 0 Å². The van der Waals surface area contributed by atoms with Crippen molar-refractivity contribution in [3.05, 3.63) is 42.0 Å². The van der Waals surface area contributed by atoms with Gasteiger partial charge in [0.05, 0.1) is 12.6 Å². The molecule has 1 atom stereocenters. The van der Waals surface area contributed by atoms with Crippen LogP contribution in [0.4, 0.5) is 8.78 Å². The first-order chi connectivity index (χ1) is 8.11. The minimum absolute atomic E-state index is 0.00649. The number of hydrogen-bond donors (Lipinski definition) is 1. The van der Waals surface area contributed by atoms with Crippen LogP contribution >= 0.6 is 0 Å². The molecule has 2 rings (SSSR count). The van der Waals surface area contributed by atoms with E-state index in [1.165, 1.54) is 6.07 Å². The number of fused-ring (bicyclic) bond motifs is 1. The highest BCUT2D eigenvalue weighted by Gasteiger charge is 2.26. The summed E-state index contributed by atoms with van der Waals surface area (Å²) in [7, 11) is 0. The molecule has 1 aliphatic rings. The summed E-state index contributed by atoms with van der Waals surface area (Å²) in [6, 6.07) is 1.48. The summed E-state index contributed by atoms with van der Waals surface area (Å²) in [5, 5.41) is 2.61. The van der Waals surface area contributed by atoms with Crippen LogP contribution in [0.15, 0.2) is 24.8 Å². The van der Waals surface area contributed by atoms with E-state index in [0.717, 1.165) is 12.1 Å². The van der Waals surface area contributed by atoms with Crippen LogP contribution in [0.25, 0.3) is 0 Å². The monoisotopic (exact) mass is 239 g/mol. The molecule has 90 valence electrons. The van der Waals surface area contributed by atoms with Crippen LogP contribution < -0.4 is 10.1 Å². The Morgan fingerprint density at radius 3 is 3.00 bits per heavy atom. The highest BCUT2D eigenvalue weighted by Crippen LogP contribution is 2.34. The Morgan fingerprint density at radius 1 is 1.53 bits per heavy atom. The maximum Gasteiger partial charge on any atom is 0.243 e. The van der Waals surface area contributed by atoms with Gasteiger partial charge >= 0.3 is 0 Å². The third kappa shape index (κ3) is 2.27. The third-order valence-corrected chi connectivity index (χ3v) is 2.57. The highest BCUT2D eigenvalue weighted by atomic mass is 19.1. The molecule has 3 nitrogen and oxygen atoms in total. The van der Waals surface area contributed by atoms with Gasteiger partial charge < -0.3 is 10.1 Å². The van der Waals surface area contributed by atoms with E-state index in [2.05, 4.69) is 11.9 Å². The number of halogens is 2. The van der Waals surface area contributed by atoms with Gasteiger partial charge in [-0.05, 0) is 12.1 Å². The van der Waals surface area contributed by atoms with Crippen molar-refractivity contribution in [2.45, 2.75) is 12.5 Å². The summed E-state index contributed by atoms with van der Waals surface area (Å²) in [6.07, 6.45) is 1.58. The average Bonchev–Trinajstić information content (AvgIpc) is 2.30. The number of nitrogens with one attached hydrogen (secondary N) is 1. The summed E-state index contributed by atoms with van der Waals surface area (Å²) in [6.45, 7) is 3.60. The van der Waals surface area contributed by atoms with Crippen LogP contribution in [0.3, 0.4) is 0 Å². The van der Waals surface area contributed by atoms with Crippen molar-refractivity contribution >= 4 is 5.91 Å². The lowest BCUT2D eigenvalue weighted by Crippen LogP contribution is -2.31. The van der Waals surface area contributed by atoms with Gasteiger partial charge in [-0.3, -0.25) is 4.79 Å². The molecule has 0 saturated heterocycles. The van der Waals surface area contributed by atoms with Crippen molar-refractivity contribution in [2.75, 3.05) is 6.61 Å². The topological polar surface area (TPSA) is 38.3 Å². The van der Waals surface area contributed by atoms with Crippen LogP contribution in [-0.4, -0.2) is 12.5 Å². The van der Waals surface area contributed by atoms with Crippen molar-refractivity contribution < 1.29 is 18.3 Å². The molecule has 0 aromatic heterocycles. The molecule has 1 amide bonds. The van der Waals surface area contributed by atoms with Gasteiger partial charge in [0.25, 0.3) is 0 Å². The lowest BCUT2D eigenvalue weighted by atomic mass is 10.00. The summed E-state index contributed by atoms with van der Waals surface area (Å²) < 4.78 is 31.7. The lowest BCUT2D eigenvalue weighted by molar-refractivity contribution is -0.117. The predicted octanol–water partition coefficient (Wildman–Crippen LogP) is 2.09. The predicted molar refractivity (Wildman–Crippen MR) is 57.6 cm³/mol. The largest absolute Gasteiger partial charge is 0.490 e. The van der Waals surface area contributed by atoms with E-state index >= 15 is 0 Å². The summed E-state index contributed by atoms with van der Waals surface area (Å²) >= 11 is 0. The van der Waals surface area contributed by atoms with Crippen LogP contribution in [0, 0.1) is 11.6 Å². The molecule has 0 spiro atoms. The second-order valence-electron chi connectivity index (χ2n) is 3.71. The zero-order valence-corrected chi connectivity index (χ0v) is 9.00. The SMILES string of the molecule is C=CC(=O)N[C@H]1CCOc2c(F)cc(F)cc21. The third-order valence-electron chi connectivity index (χ3n) is 2.57. The molecular weight excluding hydrogens is 228 g/mol. The molecular formula is C12H11F2NO2. The Balaban J connectivity index is 2.36. The Kier molecular flexibility index (Phi) is 3.08. The first-order valence-electron chi connectivity index (χ1n) is 5.16. The summed E-state index contributed by atoms with van der Waals surface area (Å²) in [5.41, 5.74) is 0.323. The van der Waals surface area contributed by atoms with Gasteiger partial charge in [0.1, 0.15) is 5.82 Å². The first-order valence-corrected chi connectivity index (χ1v) is 5.16. The molecule has 0 unspecified atom stereocenters. The standard InChI is InChI=1S/C12H11F2NO2/c1-2-11(16)15-10-3-4-17-12-8(10)5-7(13)6-9(12)14/h2,5-6,10H,1,3-4H2,(H,15,16)/t10-/m0/s1. The van der Waals surface area contributed by atoms with Gasteiger partial charge in [0, 0.05) is 18.1 Å². The molecule has 0 aliphatic carbocycles.